The number of halogens is 5. The van der Waals surface area contributed by atoms with Crippen LogP contribution in [0.2, 0.25) is 15.3 Å². The summed E-state index contributed by atoms with van der Waals surface area (Å²) in [5.74, 6) is -0.318. The Morgan fingerprint density at radius 3 is 2.18 bits per heavy atom. The number of hydrogen-bond acceptors (Lipinski definition) is 2. The lowest BCUT2D eigenvalue weighted by Crippen LogP contribution is -1.92. The lowest BCUT2D eigenvalue weighted by Gasteiger charge is -2.04. The van der Waals surface area contributed by atoms with Gasteiger partial charge in [-0.25, -0.2) is 14.4 Å². The SMILES string of the molecule is Fc1cc(-c2nc(Cl)c(Br)c(Cl)n2)ccc1Cl. The van der Waals surface area contributed by atoms with E-state index in [1.165, 1.54) is 12.1 Å². The van der Waals surface area contributed by atoms with Gasteiger partial charge < -0.3 is 0 Å². The summed E-state index contributed by atoms with van der Waals surface area (Å²) in [6, 6.07) is 4.22. The van der Waals surface area contributed by atoms with Gasteiger partial charge in [0.05, 0.1) is 9.50 Å². The highest BCUT2D eigenvalue weighted by atomic mass is 79.9. The van der Waals surface area contributed by atoms with Gasteiger partial charge >= 0.3 is 0 Å². The summed E-state index contributed by atoms with van der Waals surface area (Å²) in [6.07, 6.45) is 0. The molecule has 0 aliphatic rings. The summed E-state index contributed by atoms with van der Waals surface area (Å²) < 4.78 is 13.7. The smallest absolute Gasteiger partial charge is 0.162 e. The minimum Gasteiger partial charge on any atom is -0.215 e. The molecule has 0 amide bonds. The normalized spacial score (nSPS) is 10.6. The zero-order valence-electron chi connectivity index (χ0n) is 8.02. The number of benzene rings is 1. The molecule has 1 heterocycles. The van der Waals surface area contributed by atoms with Crippen LogP contribution in [0.1, 0.15) is 0 Å². The van der Waals surface area contributed by atoms with Gasteiger partial charge in [0.25, 0.3) is 0 Å². The maximum Gasteiger partial charge on any atom is 0.162 e. The van der Waals surface area contributed by atoms with Crippen LogP contribution in [-0.4, -0.2) is 9.97 Å². The van der Waals surface area contributed by atoms with Gasteiger partial charge in [-0.15, -0.1) is 0 Å². The van der Waals surface area contributed by atoms with Gasteiger partial charge in [0, 0.05) is 5.56 Å². The molecule has 0 radical (unpaired) electrons. The van der Waals surface area contributed by atoms with Crippen LogP contribution in [0.3, 0.4) is 0 Å². The number of hydrogen-bond donors (Lipinski definition) is 0. The van der Waals surface area contributed by atoms with Crippen LogP contribution in [0.25, 0.3) is 11.4 Å². The van der Waals surface area contributed by atoms with E-state index in [2.05, 4.69) is 25.9 Å². The van der Waals surface area contributed by atoms with Gasteiger partial charge in [0.1, 0.15) is 16.1 Å². The molecule has 0 saturated heterocycles. The van der Waals surface area contributed by atoms with Crippen molar-refractivity contribution in [1.82, 2.24) is 9.97 Å². The van der Waals surface area contributed by atoms with Crippen LogP contribution in [0.4, 0.5) is 4.39 Å². The molecular weight excluding hydrogens is 353 g/mol. The fraction of sp³-hybridized carbons (Fsp3) is 0. The standard InChI is InChI=1S/C10H3BrCl3FN2/c11-7-8(13)16-10(17-9(7)14)4-1-2-5(12)6(15)3-4/h1-3H. The molecule has 0 aliphatic heterocycles. The molecular formula is C10H3BrCl3FN2. The van der Waals surface area contributed by atoms with Crippen LogP contribution < -0.4 is 0 Å². The lowest BCUT2D eigenvalue weighted by atomic mass is 10.2. The fourth-order valence-electron chi connectivity index (χ4n) is 1.16. The minimum absolute atomic E-state index is 0.0306. The van der Waals surface area contributed by atoms with Crippen molar-refractivity contribution in [2.24, 2.45) is 0 Å². The first-order chi connectivity index (χ1) is 7.99. The molecule has 1 aromatic heterocycles. The summed E-state index contributed by atoms with van der Waals surface area (Å²) in [5, 5.41) is 0.355. The molecule has 0 saturated carbocycles. The number of nitrogens with zero attached hydrogens (tertiary/aromatic N) is 2. The highest BCUT2D eigenvalue weighted by Gasteiger charge is 2.11. The molecule has 0 spiro atoms. The molecule has 2 rings (SSSR count). The lowest BCUT2D eigenvalue weighted by molar-refractivity contribution is 0.628. The molecule has 0 bridgehead atoms. The average Bonchev–Trinajstić information content (AvgIpc) is 2.29. The predicted molar refractivity (Wildman–Crippen MR) is 70.2 cm³/mol. The Balaban J connectivity index is 2.57. The van der Waals surface area contributed by atoms with E-state index in [0.717, 1.165) is 0 Å². The summed E-state index contributed by atoms with van der Waals surface area (Å²) in [6.45, 7) is 0. The monoisotopic (exact) mass is 354 g/mol. The average molecular weight is 356 g/mol. The predicted octanol–water partition coefficient (Wildman–Crippen LogP) is 5.01. The van der Waals surface area contributed by atoms with Gasteiger partial charge in [-0.05, 0) is 34.1 Å². The second kappa shape index (κ2) is 5.06. The van der Waals surface area contributed by atoms with E-state index in [1.807, 2.05) is 0 Å². The van der Waals surface area contributed by atoms with Gasteiger partial charge in [-0.1, -0.05) is 34.8 Å². The van der Waals surface area contributed by atoms with Crippen molar-refractivity contribution in [3.05, 3.63) is 43.8 Å². The van der Waals surface area contributed by atoms with E-state index in [0.29, 0.717) is 10.0 Å². The Bertz CT molecular complexity index is 569. The molecule has 2 nitrogen and oxygen atoms in total. The number of rotatable bonds is 1. The van der Waals surface area contributed by atoms with E-state index >= 15 is 0 Å². The number of aromatic nitrogens is 2. The zero-order valence-corrected chi connectivity index (χ0v) is 11.9. The maximum atomic E-state index is 13.3. The first-order valence-electron chi connectivity index (χ1n) is 4.33. The molecule has 17 heavy (non-hydrogen) atoms. The van der Waals surface area contributed by atoms with Gasteiger partial charge in [0.2, 0.25) is 0 Å². The third kappa shape index (κ3) is 2.71. The van der Waals surface area contributed by atoms with Crippen LogP contribution in [-0.2, 0) is 0 Å². The van der Waals surface area contributed by atoms with Crippen molar-refractivity contribution in [2.45, 2.75) is 0 Å². The highest BCUT2D eigenvalue weighted by Crippen LogP contribution is 2.30. The molecule has 0 N–H and O–H groups in total. The van der Waals surface area contributed by atoms with Gasteiger partial charge in [0.15, 0.2) is 5.82 Å². The quantitative estimate of drug-likeness (QED) is 0.672. The van der Waals surface area contributed by atoms with Crippen molar-refractivity contribution in [3.63, 3.8) is 0 Å². The second-order valence-corrected chi connectivity index (χ2v) is 4.99. The van der Waals surface area contributed by atoms with Crippen LogP contribution in [0.15, 0.2) is 22.7 Å². The van der Waals surface area contributed by atoms with Crippen molar-refractivity contribution < 1.29 is 4.39 Å². The Labute approximate surface area is 120 Å². The zero-order chi connectivity index (χ0) is 12.6. The molecule has 0 atom stereocenters. The minimum atomic E-state index is -0.553. The summed E-state index contributed by atoms with van der Waals surface area (Å²) in [4.78, 5) is 7.98. The van der Waals surface area contributed by atoms with E-state index in [4.69, 9.17) is 34.8 Å². The first-order valence-corrected chi connectivity index (χ1v) is 6.25. The summed E-state index contributed by atoms with van der Waals surface area (Å²) >= 11 is 20.4. The van der Waals surface area contributed by atoms with Crippen molar-refractivity contribution in [2.75, 3.05) is 0 Å². The topological polar surface area (TPSA) is 25.8 Å². The second-order valence-electron chi connectivity index (χ2n) is 3.07. The molecule has 0 aliphatic carbocycles. The van der Waals surface area contributed by atoms with E-state index in [-0.39, 0.29) is 21.2 Å². The molecule has 88 valence electrons. The largest absolute Gasteiger partial charge is 0.215 e. The van der Waals surface area contributed by atoms with Crippen molar-refractivity contribution in [3.8, 4) is 11.4 Å². The third-order valence-electron chi connectivity index (χ3n) is 1.95. The van der Waals surface area contributed by atoms with Crippen LogP contribution in [0.5, 0.6) is 0 Å². The van der Waals surface area contributed by atoms with Crippen molar-refractivity contribution >= 4 is 50.7 Å². The van der Waals surface area contributed by atoms with Crippen molar-refractivity contribution in [1.29, 1.82) is 0 Å². The summed E-state index contributed by atoms with van der Waals surface area (Å²) in [5.41, 5.74) is 0.447. The Morgan fingerprint density at radius 2 is 1.65 bits per heavy atom. The Kier molecular flexibility index (Phi) is 3.88. The maximum absolute atomic E-state index is 13.3. The molecule has 2 aromatic rings. The van der Waals surface area contributed by atoms with Gasteiger partial charge in [-0.2, -0.15) is 0 Å². The highest BCUT2D eigenvalue weighted by molar-refractivity contribution is 9.10. The third-order valence-corrected chi connectivity index (χ3v) is 4.01. The van der Waals surface area contributed by atoms with E-state index in [9.17, 15) is 4.39 Å². The van der Waals surface area contributed by atoms with Crippen LogP contribution in [0, 0.1) is 5.82 Å². The summed E-state index contributed by atoms with van der Waals surface area (Å²) in [7, 11) is 0. The van der Waals surface area contributed by atoms with E-state index in [1.54, 1.807) is 6.07 Å². The first kappa shape index (κ1) is 13.0. The molecule has 0 unspecified atom stereocenters. The van der Waals surface area contributed by atoms with E-state index < -0.39 is 5.82 Å². The van der Waals surface area contributed by atoms with Gasteiger partial charge in [-0.3, -0.25) is 0 Å². The fourth-order valence-corrected chi connectivity index (χ4v) is 1.84. The molecule has 0 fully saturated rings. The Hall–Kier alpha value is -0.420. The molecule has 1 aromatic carbocycles. The Morgan fingerprint density at radius 1 is 1.06 bits per heavy atom. The van der Waals surface area contributed by atoms with Crippen LogP contribution >= 0.6 is 50.7 Å². The molecule has 7 heteroatoms.